The Morgan fingerprint density at radius 1 is 1.05 bits per heavy atom. The first-order valence-electron chi connectivity index (χ1n) is 7.49. The molecule has 1 N–H and O–H groups in total. The minimum atomic E-state index is 0.708. The summed E-state index contributed by atoms with van der Waals surface area (Å²) in [6, 6.07) is 14.0. The second-order valence-electron chi connectivity index (χ2n) is 4.99. The molecule has 0 fully saturated rings. The molecule has 0 heterocycles. The Hall–Kier alpha value is -1.51. The number of nitrogens with one attached hydrogen (secondary N) is 1. The van der Waals surface area contributed by atoms with Crippen LogP contribution in [0.25, 0.3) is 0 Å². The standard InChI is InChI=1S/C18H22ClNO/c1-3-6-14-9-11-15(12-10-14)21-18-8-5-7-17(19)16(18)13-20-4-2/h5,7-12,20H,3-4,6,13H2,1-2H3. The molecule has 0 unspecified atom stereocenters. The van der Waals surface area contributed by atoms with Crippen LogP contribution in [0.4, 0.5) is 0 Å². The van der Waals surface area contributed by atoms with Crippen LogP contribution >= 0.6 is 11.6 Å². The van der Waals surface area contributed by atoms with Gasteiger partial charge < -0.3 is 10.1 Å². The van der Waals surface area contributed by atoms with Crippen molar-refractivity contribution in [2.45, 2.75) is 33.2 Å². The highest BCUT2D eigenvalue weighted by Crippen LogP contribution is 2.30. The zero-order valence-corrected chi connectivity index (χ0v) is 13.4. The predicted octanol–water partition coefficient (Wildman–Crippen LogP) is 5.19. The van der Waals surface area contributed by atoms with E-state index < -0.39 is 0 Å². The minimum Gasteiger partial charge on any atom is -0.457 e. The highest BCUT2D eigenvalue weighted by molar-refractivity contribution is 6.31. The van der Waals surface area contributed by atoms with Crippen LogP contribution in [0.2, 0.25) is 5.02 Å². The number of hydrogen-bond donors (Lipinski definition) is 1. The maximum atomic E-state index is 6.28. The van der Waals surface area contributed by atoms with Gasteiger partial charge in [-0.25, -0.2) is 0 Å². The lowest BCUT2D eigenvalue weighted by Crippen LogP contribution is -2.12. The van der Waals surface area contributed by atoms with E-state index in [0.717, 1.165) is 41.5 Å². The number of benzene rings is 2. The first-order valence-corrected chi connectivity index (χ1v) is 7.87. The van der Waals surface area contributed by atoms with E-state index in [1.807, 2.05) is 30.3 Å². The van der Waals surface area contributed by atoms with Gasteiger partial charge in [-0.3, -0.25) is 0 Å². The van der Waals surface area contributed by atoms with Crippen LogP contribution in [0.5, 0.6) is 11.5 Å². The molecule has 0 aromatic heterocycles. The second kappa shape index (κ2) is 8.06. The van der Waals surface area contributed by atoms with Gasteiger partial charge in [0, 0.05) is 17.1 Å². The summed E-state index contributed by atoms with van der Waals surface area (Å²) in [6.07, 6.45) is 2.25. The van der Waals surface area contributed by atoms with Gasteiger partial charge in [0.1, 0.15) is 11.5 Å². The Kier molecular flexibility index (Phi) is 6.09. The van der Waals surface area contributed by atoms with Crippen molar-refractivity contribution in [3.63, 3.8) is 0 Å². The van der Waals surface area contributed by atoms with E-state index in [2.05, 4.69) is 31.3 Å². The Labute approximate surface area is 132 Å². The molecule has 0 bridgehead atoms. The number of halogens is 1. The van der Waals surface area contributed by atoms with Crippen LogP contribution in [0.15, 0.2) is 42.5 Å². The van der Waals surface area contributed by atoms with Crippen molar-refractivity contribution in [2.75, 3.05) is 6.54 Å². The van der Waals surface area contributed by atoms with E-state index in [1.165, 1.54) is 5.56 Å². The monoisotopic (exact) mass is 303 g/mol. The van der Waals surface area contributed by atoms with Crippen molar-refractivity contribution in [1.82, 2.24) is 5.32 Å². The molecule has 2 rings (SSSR count). The van der Waals surface area contributed by atoms with Gasteiger partial charge in [-0.05, 0) is 42.8 Å². The van der Waals surface area contributed by atoms with E-state index in [1.54, 1.807) is 0 Å². The summed E-state index contributed by atoms with van der Waals surface area (Å²) in [5.74, 6) is 1.65. The van der Waals surface area contributed by atoms with E-state index in [-0.39, 0.29) is 0 Å². The van der Waals surface area contributed by atoms with Crippen molar-refractivity contribution in [2.24, 2.45) is 0 Å². The molecule has 0 aliphatic carbocycles. The van der Waals surface area contributed by atoms with Crippen molar-refractivity contribution in [3.05, 3.63) is 58.6 Å². The summed E-state index contributed by atoms with van der Waals surface area (Å²) in [7, 11) is 0. The molecule has 0 saturated heterocycles. The van der Waals surface area contributed by atoms with Gasteiger partial charge in [0.15, 0.2) is 0 Å². The molecule has 2 aromatic carbocycles. The third kappa shape index (κ3) is 4.48. The number of hydrogen-bond acceptors (Lipinski definition) is 2. The first-order chi connectivity index (χ1) is 10.2. The van der Waals surface area contributed by atoms with Crippen LogP contribution in [0, 0.1) is 0 Å². The second-order valence-corrected chi connectivity index (χ2v) is 5.40. The van der Waals surface area contributed by atoms with Gasteiger partial charge in [0.25, 0.3) is 0 Å². The van der Waals surface area contributed by atoms with Gasteiger partial charge in [-0.1, -0.05) is 50.1 Å². The summed E-state index contributed by atoms with van der Waals surface area (Å²) in [5, 5.41) is 4.03. The first kappa shape index (κ1) is 15.9. The summed E-state index contributed by atoms with van der Waals surface area (Å²) < 4.78 is 6.00. The van der Waals surface area contributed by atoms with Crippen LogP contribution in [-0.4, -0.2) is 6.54 Å². The van der Waals surface area contributed by atoms with E-state index in [4.69, 9.17) is 16.3 Å². The van der Waals surface area contributed by atoms with Gasteiger partial charge in [-0.2, -0.15) is 0 Å². The molecule has 0 aliphatic rings. The lowest BCUT2D eigenvalue weighted by atomic mass is 10.1. The van der Waals surface area contributed by atoms with Gasteiger partial charge in [-0.15, -0.1) is 0 Å². The zero-order chi connectivity index (χ0) is 15.1. The number of rotatable bonds is 7. The predicted molar refractivity (Wildman–Crippen MR) is 89.3 cm³/mol. The van der Waals surface area contributed by atoms with E-state index in [0.29, 0.717) is 6.54 Å². The maximum absolute atomic E-state index is 6.28. The fraction of sp³-hybridized carbons (Fsp3) is 0.333. The average molecular weight is 304 g/mol. The Bertz CT molecular complexity index is 566. The van der Waals surface area contributed by atoms with Crippen molar-refractivity contribution >= 4 is 11.6 Å². The van der Waals surface area contributed by atoms with E-state index in [9.17, 15) is 0 Å². The third-order valence-corrected chi connectivity index (χ3v) is 3.67. The molecule has 0 atom stereocenters. The topological polar surface area (TPSA) is 21.3 Å². The molecule has 2 aromatic rings. The highest BCUT2D eigenvalue weighted by atomic mass is 35.5. The number of ether oxygens (including phenoxy) is 1. The molecule has 0 radical (unpaired) electrons. The molecule has 21 heavy (non-hydrogen) atoms. The van der Waals surface area contributed by atoms with Gasteiger partial charge >= 0.3 is 0 Å². The van der Waals surface area contributed by atoms with Crippen LogP contribution < -0.4 is 10.1 Å². The average Bonchev–Trinajstić information content (AvgIpc) is 2.49. The molecule has 0 amide bonds. The quantitative estimate of drug-likeness (QED) is 0.759. The molecule has 112 valence electrons. The van der Waals surface area contributed by atoms with Crippen LogP contribution in [-0.2, 0) is 13.0 Å². The largest absolute Gasteiger partial charge is 0.457 e. The summed E-state index contributed by atoms with van der Waals surface area (Å²) in [6.45, 7) is 5.86. The Morgan fingerprint density at radius 3 is 2.48 bits per heavy atom. The van der Waals surface area contributed by atoms with E-state index >= 15 is 0 Å². The van der Waals surface area contributed by atoms with Crippen molar-refractivity contribution in [3.8, 4) is 11.5 Å². The smallest absolute Gasteiger partial charge is 0.133 e. The molecular weight excluding hydrogens is 282 g/mol. The Morgan fingerprint density at radius 2 is 1.81 bits per heavy atom. The summed E-state index contributed by atoms with van der Waals surface area (Å²) in [4.78, 5) is 0. The van der Waals surface area contributed by atoms with Gasteiger partial charge in [0.05, 0.1) is 0 Å². The zero-order valence-electron chi connectivity index (χ0n) is 12.7. The van der Waals surface area contributed by atoms with Crippen LogP contribution in [0.1, 0.15) is 31.4 Å². The SMILES string of the molecule is CCCc1ccc(Oc2cccc(Cl)c2CNCC)cc1. The third-order valence-electron chi connectivity index (χ3n) is 3.32. The lowest BCUT2D eigenvalue weighted by molar-refractivity contribution is 0.473. The lowest BCUT2D eigenvalue weighted by Gasteiger charge is -2.13. The van der Waals surface area contributed by atoms with Crippen LogP contribution in [0.3, 0.4) is 0 Å². The summed E-state index contributed by atoms with van der Waals surface area (Å²) in [5.41, 5.74) is 2.34. The fourth-order valence-electron chi connectivity index (χ4n) is 2.20. The molecular formula is C18H22ClNO. The normalized spacial score (nSPS) is 10.6. The van der Waals surface area contributed by atoms with Crippen molar-refractivity contribution < 1.29 is 4.74 Å². The molecule has 0 spiro atoms. The molecule has 0 saturated carbocycles. The number of aryl methyl sites for hydroxylation is 1. The maximum Gasteiger partial charge on any atom is 0.133 e. The Balaban J connectivity index is 2.16. The molecule has 2 nitrogen and oxygen atoms in total. The summed E-state index contributed by atoms with van der Waals surface area (Å²) >= 11 is 6.28. The highest BCUT2D eigenvalue weighted by Gasteiger charge is 2.08. The molecule has 3 heteroatoms. The minimum absolute atomic E-state index is 0.708. The molecule has 0 aliphatic heterocycles. The van der Waals surface area contributed by atoms with Gasteiger partial charge in [0.2, 0.25) is 0 Å². The van der Waals surface area contributed by atoms with Crippen molar-refractivity contribution in [1.29, 1.82) is 0 Å². The fourth-order valence-corrected chi connectivity index (χ4v) is 2.43.